The Labute approximate surface area is 208 Å². The number of nitrogens with zero attached hydrogens (tertiary/aromatic N) is 4. The van der Waals surface area contributed by atoms with Crippen LogP contribution in [0.1, 0.15) is 43.8 Å². The van der Waals surface area contributed by atoms with E-state index in [9.17, 15) is 28.2 Å². The second kappa shape index (κ2) is 9.28. The molecule has 3 N–H and O–H groups in total. The first-order valence-corrected chi connectivity index (χ1v) is 11.8. The summed E-state index contributed by atoms with van der Waals surface area (Å²) < 4.78 is 44.3. The van der Waals surface area contributed by atoms with Gasteiger partial charge in [0.1, 0.15) is 16.3 Å². The molecule has 0 bridgehead atoms. The largest absolute Gasteiger partial charge is 0.481 e. The summed E-state index contributed by atoms with van der Waals surface area (Å²) in [4.78, 5) is 28.2. The molecule has 3 heterocycles. The molecule has 0 spiro atoms. The van der Waals surface area contributed by atoms with Crippen molar-refractivity contribution < 1.29 is 32.9 Å². The number of carbonyl (C=O) groups is 1. The molecule has 3 aromatic rings. The van der Waals surface area contributed by atoms with Crippen LogP contribution in [0.25, 0.3) is 10.4 Å². The van der Waals surface area contributed by atoms with Crippen molar-refractivity contribution in [3.05, 3.63) is 41.4 Å². The van der Waals surface area contributed by atoms with Crippen molar-refractivity contribution in [2.75, 3.05) is 12.4 Å². The van der Waals surface area contributed by atoms with E-state index in [1.165, 1.54) is 24.6 Å². The minimum atomic E-state index is -4.61. The third-order valence-corrected chi connectivity index (χ3v) is 7.48. The molecule has 0 aliphatic heterocycles. The molecule has 1 fully saturated rings. The van der Waals surface area contributed by atoms with E-state index in [1.807, 2.05) is 13.8 Å². The van der Waals surface area contributed by atoms with Crippen molar-refractivity contribution >= 4 is 28.9 Å². The minimum absolute atomic E-state index is 0.230. The van der Waals surface area contributed by atoms with Crippen LogP contribution in [-0.2, 0) is 16.6 Å². The number of methoxy groups -OCH3 is 1. The van der Waals surface area contributed by atoms with E-state index < -0.39 is 34.8 Å². The zero-order chi connectivity index (χ0) is 26.3. The van der Waals surface area contributed by atoms with Crippen LogP contribution >= 0.6 is 11.3 Å². The van der Waals surface area contributed by atoms with E-state index in [0.717, 1.165) is 12.3 Å². The molecular formula is C23H24F3N5O4S. The van der Waals surface area contributed by atoms with E-state index in [2.05, 4.69) is 25.3 Å². The number of hydrogen-bond donors (Lipinski definition) is 3. The number of alkyl halides is 3. The molecule has 4 rings (SSSR count). The second-order valence-corrected chi connectivity index (χ2v) is 10.4. The van der Waals surface area contributed by atoms with Gasteiger partial charge in [-0.3, -0.25) is 4.79 Å². The van der Waals surface area contributed by atoms with E-state index in [4.69, 9.17) is 4.74 Å². The Hall–Kier alpha value is -3.32. The number of halogens is 3. The molecule has 1 aliphatic rings. The highest BCUT2D eigenvalue weighted by Crippen LogP contribution is 2.51. The SMILES string of the molecule is COc1ncc(Nc2nccc(C(F)(F)F)n2)cc1-c1cnc([C@@]2(O)CC[C@H](C(=O)O)C(C)(C)C2)s1. The number of aliphatic hydroxyl groups is 1. The maximum Gasteiger partial charge on any atom is 0.433 e. The lowest BCUT2D eigenvalue weighted by Gasteiger charge is -2.44. The molecule has 2 atom stereocenters. The Bertz CT molecular complexity index is 1280. The minimum Gasteiger partial charge on any atom is -0.481 e. The average Bonchev–Trinajstić information content (AvgIpc) is 3.29. The zero-order valence-electron chi connectivity index (χ0n) is 19.6. The summed E-state index contributed by atoms with van der Waals surface area (Å²) >= 11 is 1.22. The smallest absolute Gasteiger partial charge is 0.433 e. The Balaban J connectivity index is 1.62. The lowest BCUT2D eigenvalue weighted by molar-refractivity contribution is -0.154. The van der Waals surface area contributed by atoms with Gasteiger partial charge in [0.2, 0.25) is 11.8 Å². The maximum absolute atomic E-state index is 13.0. The first kappa shape index (κ1) is 25.8. The highest BCUT2D eigenvalue weighted by Gasteiger charge is 2.49. The number of nitrogens with one attached hydrogen (secondary N) is 1. The Morgan fingerprint density at radius 1 is 1.25 bits per heavy atom. The van der Waals surface area contributed by atoms with E-state index in [0.29, 0.717) is 27.6 Å². The number of anilines is 2. The van der Waals surface area contributed by atoms with Crippen LogP contribution in [-0.4, -0.2) is 43.2 Å². The van der Waals surface area contributed by atoms with Gasteiger partial charge < -0.3 is 20.3 Å². The van der Waals surface area contributed by atoms with Crippen LogP contribution in [0.2, 0.25) is 0 Å². The molecule has 0 amide bonds. The zero-order valence-corrected chi connectivity index (χ0v) is 20.4. The van der Waals surface area contributed by atoms with Gasteiger partial charge in [0.05, 0.1) is 35.4 Å². The van der Waals surface area contributed by atoms with Crippen molar-refractivity contribution in [3.63, 3.8) is 0 Å². The molecule has 0 aromatic carbocycles. The van der Waals surface area contributed by atoms with Gasteiger partial charge >= 0.3 is 12.1 Å². The fraction of sp³-hybridized carbons (Fsp3) is 0.435. The summed E-state index contributed by atoms with van der Waals surface area (Å²) in [5, 5.41) is 24.1. The summed E-state index contributed by atoms with van der Waals surface area (Å²) in [6, 6.07) is 2.39. The summed E-state index contributed by atoms with van der Waals surface area (Å²) in [5.74, 6) is -1.45. The molecule has 1 saturated carbocycles. The third-order valence-electron chi connectivity index (χ3n) is 6.25. The van der Waals surface area contributed by atoms with Gasteiger partial charge in [-0.15, -0.1) is 11.3 Å². The van der Waals surface area contributed by atoms with E-state index in [-0.39, 0.29) is 24.7 Å². The lowest BCUT2D eigenvalue weighted by Crippen LogP contribution is -2.44. The van der Waals surface area contributed by atoms with Crippen LogP contribution in [0.3, 0.4) is 0 Å². The summed E-state index contributed by atoms with van der Waals surface area (Å²) in [5.41, 5.74) is -2.19. The molecule has 13 heteroatoms. The fourth-order valence-electron chi connectivity index (χ4n) is 4.56. The fourth-order valence-corrected chi connectivity index (χ4v) is 5.60. The number of ether oxygens (including phenoxy) is 1. The maximum atomic E-state index is 13.0. The molecule has 1 aliphatic carbocycles. The Kier molecular flexibility index (Phi) is 6.64. The number of aromatic nitrogens is 4. The van der Waals surface area contributed by atoms with Gasteiger partial charge in [0, 0.05) is 12.4 Å². The highest BCUT2D eigenvalue weighted by molar-refractivity contribution is 7.15. The summed E-state index contributed by atoms with van der Waals surface area (Å²) in [6.07, 6.45) is 0.120. The van der Waals surface area contributed by atoms with E-state index in [1.54, 1.807) is 12.3 Å². The Morgan fingerprint density at radius 3 is 2.64 bits per heavy atom. The molecule has 0 radical (unpaired) electrons. The highest BCUT2D eigenvalue weighted by atomic mass is 32.1. The van der Waals surface area contributed by atoms with Gasteiger partial charge in [-0.25, -0.2) is 19.9 Å². The van der Waals surface area contributed by atoms with Gasteiger partial charge in [-0.1, -0.05) is 13.8 Å². The quantitative estimate of drug-likeness (QED) is 0.414. The predicted octanol–water partition coefficient (Wildman–Crippen LogP) is 4.86. The van der Waals surface area contributed by atoms with Gasteiger partial charge in [-0.2, -0.15) is 13.2 Å². The second-order valence-electron chi connectivity index (χ2n) is 9.33. The van der Waals surface area contributed by atoms with Crippen molar-refractivity contribution in [2.45, 2.75) is 44.9 Å². The van der Waals surface area contributed by atoms with Crippen LogP contribution in [0.4, 0.5) is 24.8 Å². The Morgan fingerprint density at radius 2 is 2.00 bits per heavy atom. The third kappa shape index (κ3) is 5.12. The van der Waals surface area contributed by atoms with Gasteiger partial charge in [-0.05, 0) is 36.8 Å². The van der Waals surface area contributed by atoms with Crippen LogP contribution in [0.15, 0.2) is 30.7 Å². The summed E-state index contributed by atoms with van der Waals surface area (Å²) in [6.45, 7) is 3.64. The first-order chi connectivity index (χ1) is 16.8. The van der Waals surface area contributed by atoms with Gasteiger partial charge in [0.25, 0.3) is 0 Å². The first-order valence-electron chi connectivity index (χ1n) is 11.0. The number of pyridine rings is 1. The van der Waals surface area contributed by atoms with Crippen molar-refractivity contribution in [3.8, 4) is 16.3 Å². The number of carboxylic acids is 1. The number of thiazole rings is 1. The topological polar surface area (TPSA) is 130 Å². The number of hydrogen-bond acceptors (Lipinski definition) is 9. The monoisotopic (exact) mass is 523 g/mol. The van der Waals surface area contributed by atoms with Crippen molar-refractivity contribution in [2.24, 2.45) is 11.3 Å². The predicted molar refractivity (Wildman–Crippen MR) is 125 cm³/mol. The number of aliphatic carboxylic acids is 1. The lowest BCUT2D eigenvalue weighted by atomic mass is 9.63. The standard InChI is InChI=1S/C23H24F3N5O4S/c1-21(2)11-22(34,6-4-14(21)18(32)33)19-29-10-15(36-19)13-8-12(9-28-17(13)35-3)30-20-27-7-5-16(31-20)23(24,25)26/h5,7-10,14,34H,4,6,11H2,1-3H3,(H,32,33)(H,27,30,31)/t14-,22-/m1/s1. The van der Waals surface area contributed by atoms with Crippen LogP contribution in [0, 0.1) is 11.3 Å². The average molecular weight is 524 g/mol. The number of carboxylic acid groups (broad SMARTS) is 1. The molecule has 192 valence electrons. The van der Waals surface area contributed by atoms with Gasteiger partial charge in [0.15, 0.2) is 0 Å². The molecule has 0 saturated heterocycles. The normalized spacial score (nSPS) is 21.7. The van der Waals surface area contributed by atoms with Crippen molar-refractivity contribution in [1.29, 1.82) is 0 Å². The molecular weight excluding hydrogens is 499 g/mol. The molecule has 0 unspecified atom stereocenters. The summed E-state index contributed by atoms with van der Waals surface area (Å²) in [7, 11) is 1.43. The molecule has 9 nitrogen and oxygen atoms in total. The van der Waals surface area contributed by atoms with Crippen LogP contribution < -0.4 is 10.1 Å². The number of rotatable bonds is 6. The van der Waals surface area contributed by atoms with E-state index >= 15 is 0 Å². The van der Waals surface area contributed by atoms with Crippen LogP contribution in [0.5, 0.6) is 5.88 Å². The molecule has 36 heavy (non-hydrogen) atoms. The molecule has 3 aromatic heterocycles. The van der Waals surface area contributed by atoms with Crippen molar-refractivity contribution in [1.82, 2.24) is 19.9 Å².